The van der Waals surface area contributed by atoms with Crippen LogP contribution in [0.4, 0.5) is 0 Å². The minimum Gasteiger partial charge on any atom is -0.336 e. The molecule has 0 bridgehead atoms. The van der Waals surface area contributed by atoms with Gasteiger partial charge in [0, 0.05) is 32.5 Å². The summed E-state index contributed by atoms with van der Waals surface area (Å²) >= 11 is 8.82. The molecule has 1 amide bonds. The zero-order valence-corrected chi connectivity index (χ0v) is 14.3. The van der Waals surface area contributed by atoms with Crippen LogP contribution < -0.4 is 0 Å². The average Bonchev–Trinajstić information content (AvgIpc) is 2.26. The Kier molecular flexibility index (Phi) is 4.78. The van der Waals surface area contributed by atoms with Gasteiger partial charge < -0.3 is 4.90 Å². The lowest BCUT2D eigenvalue weighted by atomic mass is 10.2. The number of thioether (sulfide) groups is 1. The van der Waals surface area contributed by atoms with Crippen LogP contribution in [0.5, 0.6) is 0 Å². The van der Waals surface area contributed by atoms with Crippen molar-refractivity contribution in [2.24, 2.45) is 0 Å². The third kappa shape index (κ3) is 3.31. The van der Waals surface area contributed by atoms with Crippen molar-refractivity contribution in [3.8, 4) is 0 Å². The van der Waals surface area contributed by atoms with Gasteiger partial charge in [0.1, 0.15) is 0 Å². The first-order valence-electron chi connectivity index (χ1n) is 5.87. The maximum Gasteiger partial charge on any atom is 0.255 e. The third-order valence-electron chi connectivity index (χ3n) is 2.87. The van der Waals surface area contributed by atoms with Crippen LogP contribution in [-0.2, 0) is 0 Å². The number of carbonyl (C=O) groups excluding carboxylic acids is 1. The van der Waals surface area contributed by atoms with Crippen LogP contribution >= 0.6 is 43.6 Å². The van der Waals surface area contributed by atoms with Crippen molar-refractivity contribution in [2.45, 2.75) is 24.3 Å². The van der Waals surface area contributed by atoms with Gasteiger partial charge in [0.05, 0.1) is 5.56 Å². The Morgan fingerprint density at radius 3 is 2.44 bits per heavy atom. The van der Waals surface area contributed by atoms with E-state index in [1.807, 2.05) is 34.9 Å². The van der Waals surface area contributed by atoms with Crippen molar-refractivity contribution in [3.63, 3.8) is 0 Å². The van der Waals surface area contributed by atoms with Crippen LogP contribution in [0.3, 0.4) is 0 Å². The number of amides is 1. The Labute approximate surface area is 129 Å². The second-order valence-corrected chi connectivity index (χ2v) is 8.24. The number of hydrogen-bond acceptors (Lipinski definition) is 2. The van der Waals surface area contributed by atoms with E-state index in [0.29, 0.717) is 10.5 Å². The van der Waals surface area contributed by atoms with Gasteiger partial charge in [-0.05, 0) is 34.1 Å². The minimum atomic E-state index is 0.119. The van der Waals surface area contributed by atoms with E-state index in [9.17, 15) is 4.79 Å². The van der Waals surface area contributed by atoms with Crippen LogP contribution in [0.2, 0.25) is 0 Å². The van der Waals surface area contributed by atoms with Crippen LogP contribution in [0.25, 0.3) is 0 Å². The summed E-state index contributed by atoms with van der Waals surface area (Å²) in [4.78, 5) is 14.5. The predicted molar refractivity (Wildman–Crippen MR) is 84.3 cm³/mol. The molecule has 0 N–H and O–H groups in total. The van der Waals surface area contributed by atoms with E-state index >= 15 is 0 Å². The Hall–Kier alpha value is -0.000000000000000111. The number of benzene rings is 1. The molecule has 98 valence electrons. The van der Waals surface area contributed by atoms with E-state index in [2.05, 4.69) is 45.7 Å². The van der Waals surface area contributed by atoms with Gasteiger partial charge in [0.25, 0.3) is 5.91 Å². The van der Waals surface area contributed by atoms with Gasteiger partial charge >= 0.3 is 0 Å². The van der Waals surface area contributed by atoms with Crippen LogP contribution in [0.15, 0.2) is 27.1 Å². The Morgan fingerprint density at radius 2 is 1.89 bits per heavy atom. The molecule has 1 aliphatic rings. The van der Waals surface area contributed by atoms with Gasteiger partial charge in [-0.2, -0.15) is 11.8 Å². The normalized spacial score (nSPS) is 24.1. The van der Waals surface area contributed by atoms with E-state index in [-0.39, 0.29) is 5.91 Å². The first-order chi connectivity index (χ1) is 8.47. The summed E-state index contributed by atoms with van der Waals surface area (Å²) in [7, 11) is 0. The monoisotopic (exact) mass is 391 g/mol. The lowest BCUT2D eigenvalue weighted by Gasteiger charge is -2.34. The van der Waals surface area contributed by atoms with Crippen molar-refractivity contribution in [1.82, 2.24) is 4.90 Å². The molecule has 1 fully saturated rings. The SMILES string of the molecule is CC1CN(C(=O)c2ccc(Br)cc2Br)CC(C)S1. The Bertz CT molecular complexity index is 456. The van der Waals surface area contributed by atoms with E-state index < -0.39 is 0 Å². The highest BCUT2D eigenvalue weighted by molar-refractivity contribution is 9.11. The van der Waals surface area contributed by atoms with Crippen LogP contribution in [0, 0.1) is 0 Å². The summed E-state index contributed by atoms with van der Waals surface area (Å²) in [6.45, 7) is 6.02. The maximum absolute atomic E-state index is 12.5. The summed E-state index contributed by atoms with van der Waals surface area (Å²) < 4.78 is 1.82. The van der Waals surface area contributed by atoms with E-state index in [0.717, 1.165) is 27.6 Å². The smallest absolute Gasteiger partial charge is 0.255 e. The zero-order chi connectivity index (χ0) is 13.3. The lowest BCUT2D eigenvalue weighted by molar-refractivity contribution is 0.0752. The topological polar surface area (TPSA) is 20.3 Å². The molecular formula is C13H15Br2NOS. The first-order valence-corrected chi connectivity index (χ1v) is 8.40. The highest BCUT2D eigenvalue weighted by Crippen LogP contribution is 2.28. The predicted octanol–water partition coefficient (Wildman–Crippen LogP) is 4.18. The van der Waals surface area contributed by atoms with Crippen LogP contribution in [0.1, 0.15) is 24.2 Å². The molecular weight excluding hydrogens is 378 g/mol. The molecule has 2 unspecified atom stereocenters. The van der Waals surface area contributed by atoms with Gasteiger partial charge in [-0.1, -0.05) is 29.8 Å². The van der Waals surface area contributed by atoms with Crippen LogP contribution in [-0.4, -0.2) is 34.4 Å². The molecule has 1 saturated heterocycles. The summed E-state index contributed by atoms with van der Waals surface area (Å²) in [5.74, 6) is 0.119. The molecule has 2 atom stereocenters. The molecule has 0 saturated carbocycles. The average molecular weight is 393 g/mol. The number of hydrogen-bond donors (Lipinski definition) is 0. The van der Waals surface area contributed by atoms with Gasteiger partial charge in [0.15, 0.2) is 0 Å². The van der Waals surface area contributed by atoms with Crippen molar-refractivity contribution >= 4 is 49.5 Å². The summed E-state index contributed by atoms with van der Waals surface area (Å²) in [5, 5.41) is 1.01. The standard InChI is InChI=1S/C13H15Br2NOS/c1-8-6-16(7-9(2)18-8)13(17)11-4-3-10(14)5-12(11)15/h3-5,8-9H,6-7H2,1-2H3. The third-order valence-corrected chi connectivity index (χ3v) is 5.25. The Morgan fingerprint density at radius 1 is 1.28 bits per heavy atom. The van der Waals surface area contributed by atoms with Crippen molar-refractivity contribution in [3.05, 3.63) is 32.7 Å². The molecule has 0 aromatic heterocycles. The maximum atomic E-state index is 12.5. The number of carbonyl (C=O) groups is 1. The molecule has 0 aliphatic carbocycles. The van der Waals surface area contributed by atoms with E-state index in [4.69, 9.17) is 0 Å². The van der Waals surface area contributed by atoms with E-state index in [1.165, 1.54) is 0 Å². The fraction of sp³-hybridized carbons (Fsp3) is 0.462. The second-order valence-electron chi connectivity index (χ2n) is 4.59. The molecule has 18 heavy (non-hydrogen) atoms. The van der Waals surface area contributed by atoms with Crippen molar-refractivity contribution in [1.29, 1.82) is 0 Å². The Balaban J connectivity index is 2.20. The molecule has 1 aromatic carbocycles. The lowest BCUT2D eigenvalue weighted by Crippen LogP contribution is -2.44. The van der Waals surface area contributed by atoms with Crippen molar-refractivity contribution < 1.29 is 4.79 Å². The number of halogens is 2. The first kappa shape index (κ1) is 14.4. The quantitative estimate of drug-likeness (QED) is 0.714. The fourth-order valence-electron chi connectivity index (χ4n) is 2.18. The molecule has 2 nitrogen and oxygen atoms in total. The number of nitrogens with zero attached hydrogens (tertiary/aromatic N) is 1. The molecule has 1 aliphatic heterocycles. The largest absolute Gasteiger partial charge is 0.336 e. The summed E-state index contributed by atoms with van der Waals surface area (Å²) in [6.07, 6.45) is 0. The molecule has 0 radical (unpaired) electrons. The number of rotatable bonds is 1. The summed E-state index contributed by atoms with van der Waals surface area (Å²) in [6, 6.07) is 5.69. The summed E-state index contributed by atoms with van der Waals surface area (Å²) in [5.41, 5.74) is 0.740. The van der Waals surface area contributed by atoms with E-state index in [1.54, 1.807) is 0 Å². The molecule has 1 aromatic rings. The fourth-order valence-corrected chi connectivity index (χ4v) is 4.72. The second kappa shape index (κ2) is 5.97. The highest BCUT2D eigenvalue weighted by atomic mass is 79.9. The highest BCUT2D eigenvalue weighted by Gasteiger charge is 2.27. The van der Waals surface area contributed by atoms with Gasteiger partial charge in [-0.3, -0.25) is 4.79 Å². The van der Waals surface area contributed by atoms with Gasteiger partial charge in [-0.15, -0.1) is 0 Å². The van der Waals surface area contributed by atoms with Crippen molar-refractivity contribution in [2.75, 3.05) is 13.1 Å². The van der Waals surface area contributed by atoms with Gasteiger partial charge in [0.2, 0.25) is 0 Å². The molecule has 0 spiro atoms. The molecule has 1 heterocycles. The zero-order valence-electron chi connectivity index (χ0n) is 10.3. The molecule has 2 rings (SSSR count). The minimum absolute atomic E-state index is 0.119. The molecule has 5 heteroatoms. The van der Waals surface area contributed by atoms with Gasteiger partial charge in [-0.25, -0.2) is 0 Å².